The molecule has 0 aliphatic carbocycles. The van der Waals surface area contributed by atoms with Crippen LogP contribution < -0.4 is 15.4 Å². The molecule has 2 saturated heterocycles. The lowest BCUT2D eigenvalue weighted by atomic mass is 9.97. The molecule has 0 bridgehead atoms. The van der Waals surface area contributed by atoms with Gasteiger partial charge in [0.2, 0.25) is 0 Å². The number of nitrogens with two attached hydrogens (primary N) is 1. The van der Waals surface area contributed by atoms with Gasteiger partial charge in [-0.1, -0.05) is 13.0 Å². The second-order valence-electron chi connectivity index (χ2n) is 9.74. The molecule has 2 fully saturated rings. The van der Waals surface area contributed by atoms with Crippen molar-refractivity contribution in [2.24, 2.45) is 11.7 Å². The molecule has 34 heavy (non-hydrogen) atoms. The standard InChI is InChI=1S/C23H29F2N5O3S/c1-14-11-23(2,3)30(12-14)21-17(22(31)28-34(32,33)29-10-9-15(26)13-29)7-8-19(27-21)16-5-4-6-18(24)20(16)25/h4-8,14-15H,9-13,26H2,1-3H3,(H,28,31)/t14-,15-/m0/s1. The fourth-order valence-electron chi connectivity index (χ4n) is 4.85. The molecule has 0 saturated carbocycles. The van der Waals surface area contributed by atoms with E-state index in [0.29, 0.717) is 13.0 Å². The highest BCUT2D eigenvalue weighted by Crippen LogP contribution is 2.38. The van der Waals surface area contributed by atoms with Crippen LogP contribution in [0.3, 0.4) is 0 Å². The first kappa shape index (κ1) is 24.5. The van der Waals surface area contributed by atoms with Gasteiger partial charge in [0, 0.05) is 36.8 Å². The summed E-state index contributed by atoms with van der Waals surface area (Å²) in [4.78, 5) is 19.7. The van der Waals surface area contributed by atoms with Crippen molar-refractivity contribution in [2.45, 2.75) is 45.2 Å². The quantitative estimate of drug-likeness (QED) is 0.663. The van der Waals surface area contributed by atoms with Gasteiger partial charge in [0.15, 0.2) is 11.6 Å². The SMILES string of the molecule is C[C@@H]1CN(c2nc(-c3cccc(F)c3F)ccc2C(=O)NS(=O)(=O)N2CC[C@H](N)C2)C(C)(C)C1. The molecule has 1 aromatic carbocycles. The molecule has 4 rings (SSSR count). The minimum Gasteiger partial charge on any atom is -0.351 e. The van der Waals surface area contributed by atoms with Crippen LogP contribution in [0.15, 0.2) is 30.3 Å². The van der Waals surface area contributed by atoms with Crippen LogP contribution in [-0.2, 0) is 10.2 Å². The molecular formula is C23H29F2N5O3S. The Morgan fingerprint density at radius 1 is 1.21 bits per heavy atom. The van der Waals surface area contributed by atoms with Crippen molar-refractivity contribution >= 4 is 21.9 Å². The van der Waals surface area contributed by atoms with Crippen molar-refractivity contribution < 1.29 is 22.0 Å². The number of halogens is 2. The van der Waals surface area contributed by atoms with Crippen LogP contribution in [0, 0.1) is 17.6 Å². The Bertz CT molecular complexity index is 1220. The summed E-state index contributed by atoms with van der Waals surface area (Å²) in [5.74, 6) is -2.38. The smallest absolute Gasteiger partial charge is 0.304 e. The van der Waals surface area contributed by atoms with Crippen LogP contribution in [0.1, 0.15) is 44.0 Å². The zero-order valence-corrected chi connectivity index (χ0v) is 20.2. The first-order valence-electron chi connectivity index (χ1n) is 11.2. The monoisotopic (exact) mass is 493 g/mol. The Kier molecular flexibility index (Phi) is 6.38. The fourth-order valence-corrected chi connectivity index (χ4v) is 6.06. The number of nitrogens with zero attached hydrogens (tertiary/aromatic N) is 3. The van der Waals surface area contributed by atoms with Crippen LogP contribution >= 0.6 is 0 Å². The Balaban J connectivity index is 1.76. The van der Waals surface area contributed by atoms with Gasteiger partial charge in [-0.05, 0) is 56.9 Å². The molecule has 1 aromatic heterocycles. The van der Waals surface area contributed by atoms with Gasteiger partial charge in [0.25, 0.3) is 5.91 Å². The number of benzene rings is 1. The van der Waals surface area contributed by atoms with Crippen molar-refractivity contribution in [3.05, 3.63) is 47.5 Å². The molecule has 2 aliphatic rings. The van der Waals surface area contributed by atoms with Crippen LogP contribution in [0.4, 0.5) is 14.6 Å². The van der Waals surface area contributed by atoms with Gasteiger partial charge < -0.3 is 10.6 Å². The van der Waals surface area contributed by atoms with Gasteiger partial charge >= 0.3 is 10.2 Å². The summed E-state index contributed by atoms with van der Waals surface area (Å²) in [6.45, 7) is 6.99. The number of nitrogens with one attached hydrogen (secondary N) is 1. The Morgan fingerprint density at radius 2 is 1.94 bits per heavy atom. The van der Waals surface area contributed by atoms with Crippen molar-refractivity contribution in [3.63, 3.8) is 0 Å². The molecule has 3 N–H and O–H groups in total. The van der Waals surface area contributed by atoms with Crippen molar-refractivity contribution in [3.8, 4) is 11.3 Å². The molecule has 0 spiro atoms. The van der Waals surface area contributed by atoms with Gasteiger partial charge in [-0.3, -0.25) is 4.79 Å². The molecule has 2 aromatic rings. The van der Waals surface area contributed by atoms with E-state index in [0.717, 1.165) is 16.8 Å². The number of rotatable bonds is 5. The first-order valence-corrected chi connectivity index (χ1v) is 12.6. The Hall–Kier alpha value is -2.63. The fraction of sp³-hybridized carbons (Fsp3) is 0.478. The molecule has 184 valence electrons. The van der Waals surface area contributed by atoms with Gasteiger partial charge in [-0.25, -0.2) is 18.5 Å². The highest BCUT2D eigenvalue weighted by molar-refractivity contribution is 7.87. The normalized spacial score (nSPS) is 22.8. The summed E-state index contributed by atoms with van der Waals surface area (Å²) >= 11 is 0. The van der Waals surface area contributed by atoms with E-state index in [2.05, 4.69) is 16.6 Å². The predicted molar refractivity (Wildman–Crippen MR) is 125 cm³/mol. The zero-order valence-electron chi connectivity index (χ0n) is 19.4. The third kappa shape index (κ3) is 4.64. The molecule has 0 unspecified atom stereocenters. The third-order valence-corrected chi connectivity index (χ3v) is 7.88. The van der Waals surface area contributed by atoms with Gasteiger partial charge in [-0.15, -0.1) is 0 Å². The minimum absolute atomic E-state index is 0.0369. The first-order chi connectivity index (χ1) is 15.9. The molecule has 8 nitrogen and oxygen atoms in total. The van der Waals surface area contributed by atoms with E-state index in [1.54, 1.807) is 0 Å². The van der Waals surface area contributed by atoms with Crippen LogP contribution in [-0.4, -0.2) is 54.8 Å². The number of amides is 1. The van der Waals surface area contributed by atoms with E-state index < -0.39 is 27.8 Å². The maximum atomic E-state index is 14.5. The Morgan fingerprint density at radius 3 is 2.56 bits per heavy atom. The number of carbonyl (C=O) groups is 1. The Labute approximate surface area is 198 Å². The van der Waals surface area contributed by atoms with Crippen molar-refractivity contribution in [1.82, 2.24) is 14.0 Å². The molecule has 2 aliphatic heterocycles. The molecule has 11 heteroatoms. The second-order valence-corrected chi connectivity index (χ2v) is 11.4. The van der Waals surface area contributed by atoms with E-state index in [-0.39, 0.29) is 53.2 Å². The summed E-state index contributed by atoms with van der Waals surface area (Å²) in [5.41, 5.74) is 5.57. The van der Waals surface area contributed by atoms with Crippen LogP contribution in [0.25, 0.3) is 11.3 Å². The average Bonchev–Trinajstić information content (AvgIpc) is 3.31. The van der Waals surface area contributed by atoms with Crippen molar-refractivity contribution in [2.75, 3.05) is 24.5 Å². The lowest BCUT2D eigenvalue weighted by molar-refractivity contribution is 0.0979. The van der Waals surface area contributed by atoms with Gasteiger partial charge in [-0.2, -0.15) is 12.7 Å². The lowest BCUT2D eigenvalue weighted by Crippen LogP contribution is -2.44. The summed E-state index contributed by atoms with van der Waals surface area (Å²) in [7, 11) is -4.10. The van der Waals surface area contributed by atoms with Crippen LogP contribution in [0.5, 0.6) is 0 Å². The lowest BCUT2D eigenvalue weighted by Gasteiger charge is -2.34. The van der Waals surface area contributed by atoms with Crippen molar-refractivity contribution in [1.29, 1.82) is 0 Å². The number of pyridine rings is 1. The molecule has 2 atom stereocenters. The number of hydrogen-bond donors (Lipinski definition) is 2. The summed E-state index contributed by atoms with van der Waals surface area (Å²) < 4.78 is 57.1. The second kappa shape index (κ2) is 8.86. The summed E-state index contributed by atoms with van der Waals surface area (Å²) in [5, 5.41) is 0. The van der Waals surface area contributed by atoms with E-state index in [4.69, 9.17) is 5.73 Å². The maximum absolute atomic E-state index is 14.5. The number of aromatic nitrogens is 1. The summed E-state index contributed by atoms with van der Waals surface area (Å²) in [6.07, 6.45) is 1.33. The molecule has 0 radical (unpaired) electrons. The van der Waals surface area contributed by atoms with Gasteiger partial charge in [0.05, 0.1) is 11.3 Å². The number of anilines is 1. The van der Waals surface area contributed by atoms with E-state index >= 15 is 0 Å². The molecule has 3 heterocycles. The number of carbonyl (C=O) groups excluding carboxylic acids is 1. The highest BCUT2D eigenvalue weighted by atomic mass is 32.2. The average molecular weight is 494 g/mol. The van der Waals surface area contributed by atoms with E-state index in [1.807, 2.05) is 18.7 Å². The maximum Gasteiger partial charge on any atom is 0.304 e. The molecule has 1 amide bonds. The zero-order chi connectivity index (χ0) is 24.8. The molecular weight excluding hydrogens is 464 g/mol. The van der Waals surface area contributed by atoms with Gasteiger partial charge in [0.1, 0.15) is 5.82 Å². The van der Waals surface area contributed by atoms with E-state index in [1.165, 1.54) is 24.3 Å². The minimum atomic E-state index is -4.10. The van der Waals surface area contributed by atoms with E-state index in [9.17, 15) is 22.0 Å². The predicted octanol–water partition coefficient (Wildman–Crippen LogP) is 2.66. The highest BCUT2D eigenvalue weighted by Gasteiger charge is 2.40. The summed E-state index contributed by atoms with van der Waals surface area (Å²) in [6, 6.07) is 6.31. The topological polar surface area (TPSA) is 109 Å². The number of hydrogen-bond acceptors (Lipinski definition) is 6. The van der Waals surface area contributed by atoms with Crippen LogP contribution in [0.2, 0.25) is 0 Å². The third-order valence-electron chi connectivity index (χ3n) is 6.42. The largest absolute Gasteiger partial charge is 0.351 e.